The molecule has 0 aliphatic heterocycles. The van der Waals surface area contributed by atoms with E-state index in [1.165, 1.54) is 6.21 Å². The summed E-state index contributed by atoms with van der Waals surface area (Å²) in [6.45, 7) is 2.29. The zero-order valence-corrected chi connectivity index (χ0v) is 20.7. The number of ether oxygens (including phenoxy) is 1. The molecule has 3 amide bonds. The summed E-state index contributed by atoms with van der Waals surface area (Å²) < 4.78 is 5.87. The molecule has 4 aromatic rings. The Bertz CT molecular complexity index is 1470. The Balaban J connectivity index is 1.36. The van der Waals surface area contributed by atoms with Crippen LogP contribution in [0.1, 0.15) is 27.0 Å². The molecule has 0 atom stereocenters. The van der Waals surface area contributed by atoms with E-state index in [0.29, 0.717) is 23.6 Å². The SMILES string of the molecule is Cc1cccc(NC(=O)c2ccccc2NC(=O)C(=O)NN=Cc2ccccc2OCc2ccccc2)c1. The van der Waals surface area contributed by atoms with E-state index in [-0.39, 0.29) is 11.3 Å². The van der Waals surface area contributed by atoms with Crippen LogP contribution >= 0.6 is 0 Å². The van der Waals surface area contributed by atoms with E-state index in [1.807, 2.05) is 67.6 Å². The second-order valence-corrected chi connectivity index (χ2v) is 8.33. The third kappa shape index (κ3) is 7.14. The summed E-state index contributed by atoms with van der Waals surface area (Å²) >= 11 is 0. The molecule has 4 rings (SSSR count). The van der Waals surface area contributed by atoms with Crippen molar-refractivity contribution in [2.45, 2.75) is 13.5 Å². The molecule has 0 saturated carbocycles. The van der Waals surface area contributed by atoms with Gasteiger partial charge >= 0.3 is 11.8 Å². The first-order valence-electron chi connectivity index (χ1n) is 11.9. The van der Waals surface area contributed by atoms with Crippen LogP contribution < -0.4 is 20.8 Å². The zero-order valence-electron chi connectivity index (χ0n) is 20.7. The van der Waals surface area contributed by atoms with Crippen molar-refractivity contribution in [1.82, 2.24) is 5.43 Å². The molecule has 0 aliphatic rings. The van der Waals surface area contributed by atoms with Crippen LogP contribution in [0.3, 0.4) is 0 Å². The molecule has 0 unspecified atom stereocenters. The van der Waals surface area contributed by atoms with Crippen LogP contribution in [-0.2, 0) is 16.2 Å². The number of nitrogens with zero attached hydrogens (tertiary/aromatic N) is 1. The lowest BCUT2D eigenvalue weighted by atomic mass is 10.1. The summed E-state index contributed by atoms with van der Waals surface area (Å²) in [5.74, 6) is -1.80. The van der Waals surface area contributed by atoms with Gasteiger partial charge in [0.1, 0.15) is 12.4 Å². The maximum absolute atomic E-state index is 12.8. The Morgan fingerprint density at radius 2 is 1.53 bits per heavy atom. The number of benzene rings is 4. The van der Waals surface area contributed by atoms with Gasteiger partial charge in [-0.3, -0.25) is 14.4 Å². The first-order valence-corrected chi connectivity index (χ1v) is 11.9. The number of nitrogens with one attached hydrogen (secondary N) is 3. The molecule has 4 aromatic carbocycles. The van der Waals surface area contributed by atoms with Gasteiger partial charge in [-0.15, -0.1) is 0 Å². The van der Waals surface area contributed by atoms with Crippen molar-refractivity contribution in [2.24, 2.45) is 5.10 Å². The van der Waals surface area contributed by atoms with Crippen LogP contribution in [0.2, 0.25) is 0 Å². The quantitative estimate of drug-likeness (QED) is 0.179. The highest BCUT2D eigenvalue weighted by atomic mass is 16.5. The zero-order chi connectivity index (χ0) is 26.7. The lowest BCUT2D eigenvalue weighted by Crippen LogP contribution is -2.33. The minimum absolute atomic E-state index is 0.196. The molecule has 0 aromatic heterocycles. The van der Waals surface area contributed by atoms with Gasteiger partial charge in [-0.1, -0.05) is 66.7 Å². The monoisotopic (exact) mass is 506 g/mol. The van der Waals surface area contributed by atoms with E-state index in [9.17, 15) is 14.4 Å². The number of hydrogen-bond acceptors (Lipinski definition) is 5. The average molecular weight is 507 g/mol. The summed E-state index contributed by atoms with van der Waals surface area (Å²) in [7, 11) is 0. The van der Waals surface area contributed by atoms with E-state index in [0.717, 1.165) is 11.1 Å². The van der Waals surface area contributed by atoms with Crippen molar-refractivity contribution < 1.29 is 19.1 Å². The lowest BCUT2D eigenvalue weighted by molar-refractivity contribution is -0.136. The first-order chi connectivity index (χ1) is 18.5. The summed E-state index contributed by atoms with van der Waals surface area (Å²) in [6.07, 6.45) is 1.40. The standard InChI is InChI=1S/C30H26N4O4/c1-21-10-9-14-24(18-21)32-28(35)25-15-6-7-16-26(25)33-29(36)30(37)34-31-19-23-13-5-8-17-27(23)38-20-22-11-3-2-4-12-22/h2-19H,20H2,1H3,(H,32,35)(H,33,36)(H,34,37). The van der Waals surface area contributed by atoms with Gasteiger partial charge in [0.2, 0.25) is 0 Å². The number of carbonyl (C=O) groups is 3. The average Bonchev–Trinajstić information content (AvgIpc) is 2.93. The summed E-state index contributed by atoms with van der Waals surface area (Å²) in [5, 5.41) is 9.17. The Hall–Kier alpha value is -5.24. The number of aryl methyl sites for hydroxylation is 1. The number of hydrogen-bond donors (Lipinski definition) is 3. The fraction of sp³-hybridized carbons (Fsp3) is 0.0667. The van der Waals surface area contributed by atoms with Crippen LogP contribution in [0.4, 0.5) is 11.4 Å². The Kier molecular flexibility index (Phi) is 8.60. The second kappa shape index (κ2) is 12.6. The minimum Gasteiger partial charge on any atom is -0.488 e. The molecule has 0 spiro atoms. The Morgan fingerprint density at radius 1 is 0.789 bits per heavy atom. The van der Waals surface area contributed by atoms with E-state index >= 15 is 0 Å². The van der Waals surface area contributed by atoms with Crippen LogP contribution in [0, 0.1) is 6.92 Å². The highest BCUT2D eigenvalue weighted by molar-refractivity contribution is 6.40. The highest BCUT2D eigenvalue weighted by Crippen LogP contribution is 2.19. The van der Waals surface area contributed by atoms with E-state index in [1.54, 1.807) is 42.5 Å². The first kappa shape index (κ1) is 25.8. The normalized spacial score (nSPS) is 10.6. The van der Waals surface area contributed by atoms with Crippen LogP contribution in [-0.4, -0.2) is 23.9 Å². The third-order valence-electron chi connectivity index (χ3n) is 5.43. The third-order valence-corrected chi connectivity index (χ3v) is 5.43. The predicted molar refractivity (Wildman–Crippen MR) is 147 cm³/mol. The van der Waals surface area contributed by atoms with Crippen LogP contribution in [0.15, 0.2) is 108 Å². The Labute approximate surface area is 220 Å². The van der Waals surface area contributed by atoms with Crippen molar-refractivity contribution in [3.63, 3.8) is 0 Å². The summed E-state index contributed by atoms with van der Waals surface area (Å²) in [6, 6.07) is 30.7. The molecule has 0 radical (unpaired) electrons. The molecule has 0 aliphatic carbocycles. The van der Waals surface area contributed by atoms with Crippen molar-refractivity contribution in [3.05, 3.63) is 125 Å². The number of rotatable bonds is 8. The number of carbonyl (C=O) groups excluding carboxylic acids is 3. The van der Waals surface area contributed by atoms with Gasteiger partial charge in [-0.25, -0.2) is 5.43 Å². The number of para-hydroxylation sites is 2. The number of hydrazone groups is 1. The van der Waals surface area contributed by atoms with Crippen molar-refractivity contribution in [3.8, 4) is 5.75 Å². The molecular formula is C30H26N4O4. The Morgan fingerprint density at radius 3 is 2.34 bits per heavy atom. The summed E-state index contributed by atoms with van der Waals surface area (Å²) in [5.41, 5.74) is 5.87. The number of anilines is 2. The fourth-order valence-corrected chi connectivity index (χ4v) is 3.56. The summed E-state index contributed by atoms with van der Waals surface area (Å²) in [4.78, 5) is 37.7. The van der Waals surface area contributed by atoms with Gasteiger partial charge < -0.3 is 15.4 Å². The second-order valence-electron chi connectivity index (χ2n) is 8.33. The molecular weight excluding hydrogens is 480 g/mol. The smallest absolute Gasteiger partial charge is 0.329 e. The predicted octanol–water partition coefficient (Wildman–Crippen LogP) is 4.92. The van der Waals surface area contributed by atoms with Crippen molar-refractivity contribution in [1.29, 1.82) is 0 Å². The molecule has 190 valence electrons. The molecule has 0 heterocycles. The number of amides is 3. The molecule has 3 N–H and O–H groups in total. The van der Waals surface area contributed by atoms with Gasteiger partial charge in [0.15, 0.2) is 0 Å². The van der Waals surface area contributed by atoms with Gasteiger partial charge in [-0.05, 0) is 54.4 Å². The van der Waals surface area contributed by atoms with Crippen molar-refractivity contribution >= 4 is 35.3 Å². The molecule has 8 heteroatoms. The minimum atomic E-state index is -0.988. The van der Waals surface area contributed by atoms with E-state index in [4.69, 9.17) is 4.74 Å². The molecule has 0 fully saturated rings. The highest BCUT2D eigenvalue weighted by Gasteiger charge is 2.18. The maximum atomic E-state index is 12.8. The largest absolute Gasteiger partial charge is 0.488 e. The van der Waals surface area contributed by atoms with E-state index in [2.05, 4.69) is 21.2 Å². The molecule has 0 saturated heterocycles. The van der Waals surface area contributed by atoms with Crippen LogP contribution in [0.25, 0.3) is 0 Å². The fourth-order valence-electron chi connectivity index (χ4n) is 3.56. The molecule has 38 heavy (non-hydrogen) atoms. The van der Waals surface area contributed by atoms with Gasteiger partial charge in [0.05, 0.1) is 17.5 Å². The molecule has 8 nitrogen and oxygen atoms in total. The van der Waals surface area contributed by atoms with Gasteiger partial charge in [0, 0.05) is 11.3 Å². The van der Waals surface area contributed by atoms with Gasteiger partial charge in [0.25, 0.3) is 5.91 Å². The maximum Gasteiger partial charge on any atom is 0.329 e. The van der Waals surface area contributed by atoms with E-state index < -0.39 is 17.7 Å². The topological polar surface area (TPSA) is 109 Å². The van der Waals surface area contributed by atoms with Crippen LogP contribution in [0.5, 0.6) is 5.75 Å². The lowest BCUT2D eigenvalue weighted by Gasteiger charge is -2.11. The van der Waals surface area contributed by atoms with Crippen molar-refractivity contribution in [2.75, 3.05) is 10.6 Å². The molecule has 0 bridgehead atoms. The van der Waals surface area contributed by atoms with Gasteiger partial charge in [-0.2, -0.15) is 5.10 Å².